The molecular weight excluding hydrogens is 276 g/mol. The largest absolute Gasteiger partial charge is 0.479 e. The summed E-state index contributed by atoms with van der Waals surface area (Å²) >= 11 is 1.29. The van der Waals surface area contributed by atoms with Crippen LogP contribution in [0.4, 0.5) is 0 Å². The predicted octanol–water partition coefficient (Wildman–Crippen LogP) is 1.76. The summed E-state index contributed by atoms with van der Waals surface area (Å²) < 4.78 is 0. The predicted molar refractivity (Wildman–Crippen MR) is 76.5 cm³/mol. The number of hydrogen-bond acceptors (Lipinski definition) is 4. The minimum Gasteiger partial charge on any atom is -0.479 e. The van der Waals surface area contributed by atoms with E-state index in [4.69, 9.17) is 5.73 Å². The highest BCUT2D eigenvalue weighted by Crippen LogP contribution is 2.19. The number of nitrogens with one attached hydrogen (secondary N) is 1. The molecule has 0 saturated heterocycles. The molecular formula is C14H14N2O3S. The molecule has 0 spiro atoms. The van der Waals surface area contributed by atoms with E-state index in [2.05, 4.69) is 5.32 Å². The molecule has 0 bridgehead atoms. The van der Waals surface area contributed by atoms with Gasteiger partial charge in [-0.05, 0) is 29.1 Å². The van der Waals surface area contributed by atoms with Crippen molar-refractivity contribution < 1.29 is 14.7 Å². The highest BCUT2D eigenvalue weighted by molar-refractivity contribution is 7.10. The number of carbonyl (C=O) groups excluding carboxylic acids is 1. The van der Waals surface area contributed by atoms with Crippen LogP contribution in [0.2, 0.25) is 0 Å². The third-order valence-corrected chi connectivity index (χ3v) is 3.74. The molecule has 0 aliphatic carbocycles. The summed E-state index contributed by atoms with van der Waals surface area (Å²) in [5, 5.41) is 13.5. The fourth-order valence-corrected chi connectivity index (χ4v) is 2.48. The lowest BCUT2D eigenvalue weighted by Gasteiger charge is -2.13. The molecule has 20 heavy (non-hydrogen) atoms. The molecule has 1 aromatic carbocycles. The van der Waals surface area contributed by atoms with Crippen LogP contribution in [-0.2, 0) is 11.3 Å². The Labute approximate surface area is 120 Å². The lowest BCUT2D eigenvalue weighted by Crippen LogP contribution is -2.33. The van der Waals surface area contributed by atoms with Crippen LogP contribution in [0, 0.1) is 0 Å². The van der Waals surface area contributed by atoms with Gasteiger partial charge in [-0.2, -0.15) is 0 Å². The van der Waals surface area contributed by atoms with Gasteiger partial charge in [0.2, 0.25) is 0 Å². The first-order chi connectivity index (χ1) is 9.61. The Bertz CT molecular complexity index is 593. The van der Waals surface area contributed by atoms with E-state index in [1.54, 1.807) is 41.8 Å². The number of nitrogens with two attached hydrogens (primary N) is 1. The van der Waals surface area contributed by atoms with Gasteiger partial charge in [0.25, 0.3) is 5.91 Å². The third kappa shape index (κ3) is 3.23. The molecule has 0 aliphatic rings. The molecule has 6 heteroatoms. The lowest BCUT2D eigenvalue weighted by molar-refractivity contribution is -0.139. The van der Waals surface area contributed by atoms with Crippen molar-refractivity contribution in [3.05, 3.63) is 57.8 Å². The maximum atomic E-state index is 12.1. The van der Waals surface area contributed by atoms with Crippen LogP contribution in [-0.4, -0.2) is 17.0 Å². The molecule has 1 aromatic heterocycles. The van der Waals surface area contributed by atoms with Gasteiger partial charge in [0.05, 0.1) is 0 Å². The van der Waals surface area contributed by atoms with E-state index >= 15 is 0 Å². The Balaban J connectivity index is 2.14. The number of benzene rings is 1. The van der Waals surface area contributed by atoms with E-state index in [9.17, 15) is 14.7 Å². The van der Waals surface area contributed by atoms with E-state index in [1.807, 2.05) is 0 Å². The molecule has 0 fully saturated rings. The van der Waals surface area contributed by atoms with Crippen molar-refractivity contribution in [2.24, 2.45) is 5.73 Å². The zero-order valence-electron chi connectivity index (χ0n) is 10.6. The Morgan fingerprint density at radius 2 is 1.95 bits per heavy atom. The van der Waals surface area contributed by atoms with Crippen LogP contribution in [0.3, 0.4) is 0 Å². The van der Waals surface area contributed by atoms with E-state index in [0.717, 1.165) is 5.56 Å². The average molecular weight is 290 g/mol. The first kappa shape index (κ1) is 14.2. The van der Waals surface area contributed by atoms with Crippen molar-refractivity contribution in [2.75, 3.05) is 0 Å². The quantitative estimate of drug-likeness (QED) is 0.782. The second kappa shape index (κ2) is 6.31. The topological polar surface area (TPSA) is 92.4 Å². The van der Waals surface area contributed by atoms with Crippen molar-refractivity contribution in [3.63, 3.8) is 0 Å². The molecule has 5 nitrogen and oxygen atoms in total. The number of amides is 1. The van der Waals surface area contributed by atoms with Gasteiger partial charge in [-0.15, -0.1) is 11.3 Å². The van der Waals surface area contributed by atoms with Crippen LogP contribution in [0.25, 0.3) is 0 Å². The van der Waals surface area contributed by atoms with Crippen molar-refractivity contribution in [1.82, 2.24) is 5.32 Å². The molecule has 2 rings (SSSR count). The van der Waals surface area contributed by atoms with E-state index < -0.39 is 17.9 Å². The molecule has 1 atom stereocenters. The van der Waals surface area contributed by atoms with Crippen LogP contribution in [0.5, 0.6) is 0 Å². The highest BCUT2D eigenvalue weighted by Gasteiger charge is 2.23. The van der Waals surface area contributed by atoms with Gasteiger partial charge in [-0.3, -0.25) is 4.79 Å². The number of thiophene rings is 1. The maximum Gasteiger partial charge on any atom is 0.331 e. The molecule has 2 aromatic rings. The van der Waals surface area contributed by atoms with E-state index in [-0.39, 0.29) is 0 Å². The zero-order valence-corrected chi connectivity index (χ0v) is 11.4. The number of rotatable bonds is 5. The lowest BCUT2D eigenvalue weighted by atomic mass is 10.1. The Morgan fingerprint density at radius 1 is 1.25 bits per heavy atom. The second-order valence-electron chi connectivity index (χ2n) is 4.16. The van der Waals surface area contributed by atoms with Crippen molar-refractivity contribution in [1.29, 1.82) is 0 Å². The number of hydrogen-bond donors (Lipinski definition) is 3. The first-order valence-corrected chi connectivity index (χ1v) is 6.86. The molecule has 1 heterocycles. The minimum atomic E-state index is -1.08. The molecule has 104 valence electrons. The van der Waals surface area contributed by atoms with Crippen molar-refractivity contribution in [2.45, 2.75) is 12.6 Å². The smallest absolute Gasteiger partial charge is 0.331 e. The van der Waals surface area contributed by atoms with Gasteiger partial charge in [0, 0.05) is 17.0 Å². The van der Waals surface area contributed by atoms with Crippen LogP contribution in [0.15, 0.2) is 41.8 Å². The summed E-state index contributed by atoms with van der Waals surface area (Å²) in [6.45, 7) is 0.398. The molecule has 0 radical (unpaired) electrons. The number of carboxylic acid groups (broad SMARTS) is 1. The van der Waals surface area contributed by atoms with E-state index in [0.29, 0.717) is 17.0 Å². The summed E-state index contributed by atoms with van der Waals surface area (Å²) in [5.74, 6) is -1.51. The third-order valence-electron chi connectivity index (χ3n) is 2.80. The maximum absolute atomic E-state index is 12.1. The Hall–Kier alpha value is -2.18. The number of carbonyl (C=O) groups is 2. The number of carboxylic acids is 1. The fourth-order valence-electron chi connectivity index (χ4n) is 1.72. The van der Waals surface area contributed by atoms with Crippen molar-refractivity contribution >= 4 is 23.2 Å². The van der Waals surface area contributed by atoms with Crippen molar-refractivity contribution in [3.8, 4) is 0 Å². The molecule has 4 N–H and O–H groups in total. The Kier molecular flexibility index (Phi) is 4.49. The first-order valence-electron chi connectivity index (χ1n) is 5.98. The van der Waals surface area contributed by atoms with Gasteiger partial charge in [0.1, 0.15) is 0 Å². The fraction of sp³-hybridized carbons (Fsp3) is 0.143. The van der Waals surface area contributed by atoms with Gasteiger partial charge in [-0.25, -0.2) is 4.79 Å². The normalized spacial score (nSPS) is 11.8. The van der Waals surface area contributed by atoms with Crippen LogP contribution in [0.1, 0.15) is 26.8 Å². The molecule has 1 unspecified atom stereocenters. The van der Waals surface area contributed by atoms with Gasteiger partial charge >= 0.3 is 5.97 Å². The second-order valence-corrected chi connectivity index (χ2v) is 5.14. The summed E-state index contributed by atoms with van der Waals surface area (Å²) in [4.78, 5) is 23.9. The number of aliphatic carboxylic acids is 1. The molecule has 0 aliphatic heterocycles. The average Bonchev–Trinajstić information content (AvgIpc) is 2.98. The minimum absolute atomic E-state index is 0.398. The standard InChI is InChI=1S/C14H14N2O3S/c15-8-9-3-5-10(6-4-9)13(17)16-12(14(18)19)11-2-1-7-20-11/h1-7,12H,8,15H2,(H,16,17)(H,18,19). The Morgan fingerprint density at radius 3 is 2.45 bits per heavy atom. The van der Waals surface area contributed by atoms with Gasteiger partial charge < -0.3 is 16.2 Å². The summed E-state index contributed by atoms with van der Waals surface area (Å²) in [7, 11) is 0. The summed E-state index contributed by atoms with van der Waals surface area (Å²) in [5.41, 5.74) is 6.80. The van der Waals surface area contributed by atoms with Gasteiger partial charge in [0.15, 0.2) is 6.04 Å². The van der Waals surface area contributed by atoms with Gasteiger partial charge in [-0.1, -0.05) is 18.2 Å². The SMILES string of the molecule is NCc1ccc(C(=O)NC(C(=O)O)c2cccs2)cc1. The molecule has 0 saturated carbocycles. The summed E-state index contributed by atoms with van der Waals surface area (Å²) in [6.07, 6.45) is 0. The zero-order chi connectivity index (χ0) is 14.5. The van der Waals surface area contributed by atoms with Crippen LogP contribution >= 0.6 is 11.3 Å². The summed E-state index contributed by atoms with van der Waals surface area (Å²) in [6, 6.07) is 9.15. The highest BCUT2D eigenvalue weighted by atomic mass is 32.1. The monoisotopic (exact) mass is 290 g/mol. The molecule has 1 amide bonds. The van der Waals surface area contributed by atoms with Crippen LogP contribution < -0.4 is 11.1 Å². The van der Waals surface area contributed by atoms with E-state index in [1.165, 1.54) is 11.3 Å².